The van der Waals surface area contributed by atoms with Gasteiger partial charge in [0.1, 0.15) is 17.3 Å². The number of aromatic amines is 1. The minimum Gasteiger partial charge on any atom is -0.384 e. The van der Waals surface area contributed by atoms with Crippen LogP contribution in [0, 0.1) is 5.82 Å². The minimum absolute atomic E-state index is 0.381. The second kappa shape index (κ2) is 5.84. The molecule has 130 valence electrons. The van der Waals surface area contributed by atoms with Gasteiger partial charge in [0, 0.05) is 46.1 Å². The van der Waals surface area contributed by atoms with Gasteiger partial charge >= 0.3 is 0 Å². The Balaban J connectivity index is 1.84. The molecule has 0 fully saturated rings. The Bertz CT molecular complexity index is 1280. The molecule has 5 rings (SSSR count). The van der Waals surface area contributed by atoms with Crippen LogP contribution in [0.1, 0.15) is 0 Å². The summed E-state index contributed by atoms with van der Waals surface area (Å²) in [7, 11) is 0. The van der Waals surface area contributed by atoms with Crippen LogP contribution < -0.4 is 5.73 Å². The number of anilines is 1. The van der Waals surface area contributed by atoms with Gasteiger partial charge in [-0.05, 0) is 30.3 Å². The quantitative estimate of drug-likeness (QED) is 0.499. The first-order valence-corrected chi connectivity index (χ1v) is 8.29. The summed E-state index contributed by atoms with van der Waals surface area (Å²) in [6.45, 7) is 0. The molecule has 0 bridgehead atoms. The average molecular weight is 356 g/mol. The first kappa shape index (κ1) is 15.4. The van der Waals surface area contributed by atoms with E-state index in [2.05, 4.69) is 24.9 Å². The number of hydrogen-bond acceptors (Lipinski definition) is 5. The monoisotopic (exact) mass is 356 g/mol. The molecule has 0 saturated carbocycles. The summed E-state index contributed by atoms with van der Waals surface area (Å²) >= 11 is 0. The van der Waals surface area contributed by atoms with Crippen LogP contribution in [0.4, 0.5) is 10.2 Å². The molecule has 27 heavy (non-hydrogen) atoms. The first-order valence-electron chi connectivity index (χ1n) is 8.29. The van der Waals surface area contributed by atoms with Crippen LogP contribution in [0.5, 0.6) is 0 Å². The maximum Gasteiger partial charge on any atom is 0.150 e. The largest absolute Gasteiger partial charge is 0.384 e. The number of fused-ring (bicyclic) bond motifs is 3. The molecule has 0 atom stereocenters. The van der Waals surface area contributed by atoms with Crippen LogP contribution in [-0.2, 0) is 0 Å². The number of nitrogen functional groups attached to an aromatic ring is 1. The predicted molar refractivity (Wildman–Crippen MR) is 102 cm³/mol. The molecule has 0 saturated heterocycles. The molecule has 0 aliphatic rings. The fourth-order valence-corrected chi connectivity index (χ4v) is 3.24. The van der Waals surface area contributed by atoms with Gasteiger partial charge in [-0.15, -0.1) is 0 Å². The molecule has 5 aromatic heterocycles. The summed E-state index contributed by atoms with van der Waals surface area (Å²) in [6, 6.07) is 9.10. The van der Waals surface area contributed by atoms with Gasteiger partial charge in [0.05, 0.1) is 23.6 Å². The smallest absolute Gasteiger partial charge is 0.150 e. The van der Waals surface area contributed by atoms with E-state index in [0.717, 1.165) is 22.2 Å². The van der Waals surface area contributed by atoms with E-state index < -0.39 is 5.82 Å². The number of hydrogen-bond donors (Lipinski definition) is 2. The van der Waals surface area contributed by atoms with Gasteiger partial charge in [-0.2, -0.15) is 0 Å². The number of halogens is 1. The summed E-state index contributed by atoms with van der Waals surface area (Å²) in [6.07, 6.45) is 7.95. The zero-order valence-corrected chi connectivity index (χ0v) is 14.0. The first-order chi connectivity index (χ1) is 13.2. The highest BCUT2D eigenvalue weighted by Crippen LogP contribution is 2.36. The highest BCUT2D eigenvalue weighted by atomic mass is 19.1. The molecule has 0 amide bonds. The molecular formula is C20H13FN6. The third-order valence-electron chi connectivity index (χ3n) is 4.49. The molecular weight excluding hydrogens is 343 g/mol. The van der Waals surface area contributed by atoms with Crippen LogP contribution in [0.15, 0.2) is 61.3 Å². The third kappa shape index (κ3) is 2.48. The Labute approximate surface area is 153 Å². The van der Waals surface area contributed by atoms with E-state index in [0.29, 0.717) is 28.0 Å². The van der Waals surface area contributed by atoms with E-state index in [4.69, 9.17) is 5.73 Å². The number of aromatic nitrogens is 5. The topological polar surface area (TPSA) is 93.4 Å². The summed E-state index contributed by atoms with van der Waals surface area (Å²) in [4.78, 5) is 20.1. The fraction of sp³-hybridized carbons (Fsp3) is 0. The molecule has 7 heteroatoms. The Morgan fingerprint density at radius 1 is 0.926 bits per heavy atom. The standard InChI is InChI=1S/C20H13FN6/c21-14-9-26-20-19(18(14)12-3-4-17(22)25-8-12)13-6-15(24-10-16(13)27-20)11-2-1-5-23-7-11/h1-10H,(H2,22,25)(H,26,27). The van der Waals surface area contributed by atoms with Crippen molar-refractivity contribution in [2.45, 2.75) is 0 Å². The minimum atomic E-state index is -0.422. The summed E-state index contributed by atoms with van der Waals surface area (Å²) in [5.74, 6) is -0.0406. The Hall–Kier alpha value is -3.87. The zero-order chi connectivity index (χ0) is 18.4. The van der Waals surface area contributed by atoms with Crippen LogP contribution in [0.25, 0.3) is 44.3 Å². The normalized spacial score (nSPS) is 11.3. The van der Waals surface area contributed by atoms with Crippen molar-refractivity contribution >= 4 is 27.8 Å². The molecule has 0 unspecified atom stereocenters. The van der Waals surface area contributed by atoms with Gasteiger partial charge < -0.3 is 10.7 Å². The maximum absolute atomic E-state index is 14.8. The zero-order valence-electron chi connectivity index (χ0n) is 14.0. The number of H-pyrrole nitrogens is 1. The molecule has 0 aliphatic carbocycles. The van der Waals surface area contributed by atoms with E-state index in [9.17, 15) is 4.39 Å². The van der Waals surface area contributed by atoms with Crippen LogP contribution >= 0.6 is 0 Å². The van der Waals surface area contributed by atoms with Crippen molar-refractivity contribution in [3.63, 3.8) is 0 Å². The van der Waals surface area contributed by atoms with Crippen molar-refractivity contribution in [3.8, 4) is 22.4 Å². The lowest BCUT2D eigenvalue weighted by molar-refractivity contribution is 0.627. The van der Waals surface area contributed by atoms with E-state index >= 15 is 0 Å². The summed E-state index contributed by atoms with van der Waals surface area (Å²) in [5.41, 5.74) is 9.74. The van der Waals surface area contributed by atoms with E-state index in [-0.39, 0.29) is 0 Å². The average Bonchev–Trinajstić information content (AvgIpc) is 3.07. The molecule has 6 nitrogen and oxygen atoms in total. The van der Waals surface area contributed by atoms with Gasteiger partial charge in [-0.25, -0.2) is 14.4 Å². The third-order valence-corrected chi connectivity index (χ3v) is 4.49. The Morgan fingerprint density at radius 2 is 1.85 bits per heavy atom. The van der Waals surface area contributed by atoms with Crippen molar-refractivity contribution in [2.75, 3.05) is 5.73 Å². The summed E-state index contributed by atoms with van der Waals surface area (Å²) in [5, 5.41) is 1.52. The van der Waals surface area contributed by atoms with Gasteiger partial charge in [-0.1, -0.05) is 0 Å². The van der Waals surface area contributed by atoms with Crippen molar-refractivity contribution in [2.24, 2.45) is 0 Å². The molecule has 3 N–H and O–H groups in total. The van der Waals surface area contributed by atoms with E-state index in [1.165, 1.54) is 6.20 Å². The van der Waals surface area contributed by atoms with E-state index in [1.54, 1.807) is 36.9 Å². The van der Waals surface area contributed by atoms with Crippen LogP contribution in [0.2, 0.25) is 0 Å². The highest BCUT2D eigenvalue weighted by Gasteiger charge is 2.17. The molecule has 0 aromatic carbocycles. The van der Waals surface area contributed by atoms with Crippen LogP contribution in [-0.4, -0.2) is 24.9 Å². The Kier molecular flexibility index (Phi) is 3.33. The molecule has 5 heterocycles. The van der Waals surface area contributed by atoms with Gasteiger partial charge in [-0.3, -0.25) is 9.97 Å². The van der Waals surface area contributed by atoms with E-state index in [1.807, 2.05) is 18.2 Å². The molecule has 0 radical (unpaired) electrons. The van der Waals surface area contributed by atoms with Gasteiger partial charge in [0.2, 0.25) is 0 Å². The van der Waals surface area contributed by atoms with Gasteiger partial charge in [0.15, 0.2) is 0 Å². The SMILES string of the molecule is Nc1ccc(-c2c(F)cnc3[nH]c4cnc(-c5cccnc5)cc4c23)cn1. The number of nitrogens with one attached hydrogen (secondary N) is 1. The van der Waals surface area contributed by atoms with Gasteiger partial charge in [0.25, 0.3) is 0 Å². The lowest BCUT2D eigenvalue weighted by atomic mass is 10.0. The van der Waals surface area contributed by atoms with Crippen molar-refractivity contribution in [3.05, 3.63) is 67.1 Å². The lowest BCUT2D eigenvalue weighted by Crippen LogP contribution is -1.92. The highest BCUT2D eigenvalue weighted by molar-refractivity contribution is 6.13. The second-order valence-electron chi connectivity index (χ2n) is 6.16. The lowest BCUT2D eigenvalue weighted by Gasteiger charge is -2.06. The molecule has 0 spiro atoms. The fourth-order valence-electron chi connectivity index (χ4n) is 3.24. The summed E-state index contributed by atoms with van der Waals surface area (Å²) < 4.78 is 14.8. The van der Waals surface area contributed by atoms with Crippen molar-refractivity contribution < 1.29 is 4.39 Å². The molecule has 5 aromatic rings. The number of nitrogens with zero attached hydrogens (tertiary/aromatic N) is 4. The Morgan fingerprint density at radius 3 is 2.63 bits per heavy atom. The molecule has 0 aliphatic heterocycles. The van der Waals surface area contributed by atoms with Crippen LogP contribution in [0.3, 0.4) is 0 Å². The van der Waals surface area contributed by atoms with Crippen molar-refractivity contribution in [1.29, 1.82) is 0 Å². The predicted octanol–water partition coefficient (Wildman–Crippen LogP) is 3.96. The second-order valence-corrected chi connectivity index (χ2v) is 6.16. The van der Waals surface area contributed by atoms with Crippen molar-refractivity contribution in [1.82, 2.24) is 24.9 Å². The number of pyridine rings is 4. The number of nitrogens with two attached hydrogens (primary N) is 1. The maximum atomic E-state index is 14.8. The number of rotatable bonds is 2.